The van der Waals surface area contributed by atoms with Crippen molar-refractivity contribution in [3.8, 4) is 11.5 Å². The minimum Gasteiger partial charge on any atom is -0.493 e. The minimum absolute atomic E-state index is 0.0484. The maximum Gasteiger partial charge on any atom is 0.252 e. The standard InChI is InChI=1S/C25H29N3O3/c1-16-8-4-6-10-20(16)28-25(29)19-15-24(27-21-11-7-5-9-18(19)21)26-17-12-13-22(30-2)23(14-17)31-3/h5,7,9,11-16,20H,4,6,8,10H2,1-3H3,(H,26,27)(H,28,29). The Morgan fingerprint density at radius 1 is 1.00 bits per heavy atom. The molecule has 3 aromatic rings. The molecule has 1 aliphatic rings. The Balaban J connectivity index is 1.65. The Hall–Kier alpha value is -3.28. The maximum atomic E-state index is 13.3. The van der Waals surface area contributed by atoms with E-state index in [2.05, 4.69) is 17.6 Å². The number of amides is 1. The van der Waals surface area contributed by atoms with Gasteiger partial charge in [-0.2, -0.15) is 0 Å². The van der Waals surface area contributed by atoms with Crippen molar-refractivity contribution in [3.05, 3.63) is 54.1 Å². The molecular formula is C25H29N3O3. The van der Waals surface area contributed by atoms with Gasteiger partial charge in [-0.25, -0.2) is 4.98 Å². The van der Waals surface area contributed by atoms with Crippen LogP contribution in [0.3, 0.4) is 0 Å². The number of pyridine rings is 1. The maximum absolute atomic E-state index is 13.3. The summed E-state index contributed by atoms with van der Waals surface area (Å²) in [6.07, 6.45) is 4.60. The van der Waals surface area contributed by atoms with Gasteiger partial charge in [0.05, 0.1) is 25.3 Å². The lowest BCUT2D eigenvalue weighted by Gasteiger charge is -2.29. The molecule has 31 heavy (non-hydrogen) atoms. The average Bonchev–Trinajstić information content (AvgIpc) is 2.80. The summed E-state index contributed by atoms with van der Waals surface area (Å²) in [5.74, 6) is 2.33. The second-order valence-corrected chi connectivity index (χ2v) is 8.11. The number of aromatic nitrogens is 1. The molecule has 1 aliphatic carbocycles. The molecular weight excluding hydrogens is 390 g/mol. The molecule has 1 fully saturated rings. The number of hydrogen-bond acceptors (Lipinski definition) is 5. The van der Waals surface area contributed by atoms with E-state index in [1.807, 2.05) is 48.5 Å². The Labute approximate surface area is 183 Å². The van der Waals surface area contributed by atoms with Gasteiger partial charge in [0, 0.05) is 23.2 Å². The lowest BCUT2D eigenvalue weighted by molar-refractivity contribution is 0.0912. The first-order valence-electron chi connectivity index (χ1n) is 10.8. The third-order valence-electron chi connectivity index (χ3n) is 6.04. The lowest BCUT2D eigenvalue weighted by Crippen LogP contribution is -2.41. The number of nitrogens with one attached hydrogen (secondary N) is 2. The summed E-state index contributed by atoms with van der Waals surface area (Å²) < 4.78 is 10.7. The summed E-state index contributed by atoms with van der Waals surface area (Å²) >= 11 is 0. The van der Waals surface area contributed by atoms with Gasteiger partial charge in [-0.05, 0) is 43.0 Å². The van der Waals surface area contributed by atoms with Gasteiger partial charge in [-0.1, -0.05) is 38.0 Å². The molecule has 2 atom stereocenters. The van der Waals surface area contributed by atoms with Crippen LogP contribution in [-0.2, 0) is 0 Å². The van der Waals surface area contributed by atoms with Gasteiger partial charge < -0.3 is 20.1 Å². The number of hydrogen-bond donors (Lipinski definition) is 2. The van der Waals surface area contributed by atoms with E-state index in [0.717, 1.165) is 29.4 Å². The van der Waals surface area contributed by atoms with Crippen molar-refractivity contribution >= 4 is 28.3 Å². The molecule has 1 saturated carbocycles. The number of carbonyl (C=O) groups excluding carboxylic acids is 1. The van der Waals surface area contributed by atoms with Gasteiger partial charge in [0.1, 0.15) is 5.82 Å². The third kappa shape index (κ3) is 4.58. The van der Waals surface area contributed by atoms with Crippen molar-refractivity contribution < 1.29 is 14.3 Å². The Morgan fingerprint density at radius 2 is 1.77 bits per heavy atom. The molecule has 0 spiro atoms. The van der Waals surface area contributed by atoms with Gasteiger partial charge >= 0.3 is 0 Å². The number of ether oxygens (including phenoxy) is 2. The second-order valence-electron chi connectivity index (χ2n) is 8.11. The molecule has 1 heterocycles. The minimum atomic E-state index is -0.0484. The summed E-state index contributed by atoms with van der Waals surface area (Å²) in [6.45, 7) is 2.22. The van der Waals surface area contributed by atoms with E-state index in [0.29, 0.717) is 28.8 Å². The fourth-order valence-electron chi connectivity index (χ4n) is 4.27. The molecule has 4 rings (SSSR count). The summed E-state index contributed by atoms with van der Waals surface area (Å²) in [5, 5.41) is 7.42. The molecule has 6 nitrogen and oxygen atoms in total. The summed E-state index contributed by atoms with van der Waals surface area (Å²) in [7, 11) is 3.21. The predicted molar refractivity (Wildman–Crippen MR) is 123 cm³/mol. The second kappa shape index (κ2) is 9.25. The number of rotatable bonds is 6. The van der Waals surface area contributed by atoms with Gasteiger partial charge in [-0.15, -0.1) is 0 Å². The SMILES string of the molecule is COc1ccc(Nc2cc(C(=O)NC3CCCCC3C)c3ccccc3n2)cc1OC. The number of carbonyl (C=O) groups is 1. The summed E-state index contributed by atoms with van der Waals surface area (Å²) in [4.78, 5) is 18.0. The van der Waals surface area contributed by atoms with Crippen LogP contribution >= 0.6 is 0 Å². The largest absolute Gasteiger partial charge is 0.493 e. The fourth-order valence-corrected chi connectivity index (χ4v) is 4.27. The van der Waals surface area contributed by atoms with Crippen molar-refractivity contribution in [2.24, 2.45) is 5.92 Å². The molecule has 2 N–H and O–H groups in total. The predicted octanol–water partition coefficient (Wildman–Crippen LogP) is 5.30. The number of anilines is 2. The van der Waals surface area contributed by atoms with Crippen LogP contribution in [0.25, 0.3) is 10.9 Å². The summed E-state index contributed by atoms with van der Waals surface area (Å²) in [6, 6.07) is 15.3. The highest BCUT2D eigenvalue weighted by atomic mass is 16.5. The lowest BCUT2D eigenvalue weighted by atomic mass is 9.86. The first kappa shape index (κ1) is 21.0. The van der Waals surface area contributed by atoms with E-state index in [4.69, 9.17) is 14.5 Å². The van der Waals surface area contributed by atoms with Gasteiger partial charge in [0.2, 0.25) is 0 Å². The van der Waals surface area contributed by atoms with Crippen LogP contribution in [0.5, 0.6) is 11.5 Å². The molecule has 0 bridgehead atoms. The van der Waals surface area contributed by atoms with E-state index in [9.17, 15) is 4.79 Å². The van der Waals surface area contributed by atoms with Crippen molar-refractivity contribution in [3.63, 3.8) is 0 Å². The van der Waals surface area contributed by atoms with Crippen molar-refractivity contribution in [2.45, 2.75) is 38.6 Å². The number of nitrogens with zero attached hydrogens (tertiary/aromatic N) is 1. The van der Waals surface area contributed by atoms with Crippen LogP contribution in [0, 0.1) is 5.92 Å². The smallest absolute Gasteiger partial charge is 0.252 e. The zero-order valence-electron chi connectivity index (χ0n) is 18.3. The van der Waals surface area contributed by atoms with Gasteiger partial charge in [0.25, 0.3) is 5.91 Å². The molecule has 162 valence electrons. The topological polar surface area (TPSA) is 72.5 Å². The van der Waals surface area contributed by atoms with E-state index >= 15 is 0 Å². The van der Waals surface area contributed by atoms with Crippen molar-refractivity contribution in [1.29, 1.82) is 0 Å². The third-order valence-corrected chi connectivity index (χ3v) is 6.04. The normalized spacial score (nSPS) is 18.4. The molecule has 1 aromatic heterocycles. The Morgan fingerprint density at radius 3 is 2.55 bits per heavy atom. The van der Waals surface area contributed by atoms with Crippen LogP contribution in [0.1, 0.15) is 43.0 Å². The fraction of sp³-hybridized carbons (Fsp3) is 0.360. The number of fused-ring (bicyclic) bond motifs is 1. The Kier molecular flexibility index (Phi) is 6.26. The molecule has 0 radical (unpaired) electrons. The molecule has 0 aliphatic heterocycles. The van der Waals surface area contributed by atoms with Crippen LogP contribution in [0.15, 0.2) is 48.5 Å². The zero-order chi connectivity index (χ0) is 21.8. The van der Waals surface area contributed by atoms with E-state index in [-0.39, 0.29) is 11.9 Å². The Bertz CT molecular complexity index is 1080. The van der Waals surface area contributed by atoms with Crippen LogP contribution in [-0.4, -0.2) is 31.2 Å². The average molecular weight is 420 g/mol. The van der Waals surface area contributed by atoms with E-state index in [1.54, 1.807) is 14.2 Å². The monoisotopic (exact) mass is 419 g/mol. The molecule has 6 heteroatoms. The highest BCUT2D eigenvalue weighted by molar-refractivity contribution is 6.07. The van der Waals surface area contributed by atoms with Crippen LogP contribution in [0.4, 0.5) is 11.5 Å². The quantitative estimate of drug-likeness (QED) is 0.567. The van der Waals surface area contributed by atoms with Gasteiger partial charge in [-0.3, -0.25) is 4.79 Å². The molecule has 1 amide bonds. The van der Waals surface area contributed by atoms with Crippen LogP contribution < -0.4 is 20.1 Å². The number of methoxy groups -OCH3 is 2. The first-order chi connectivity index (χ1) is 15.1. The molecule has 0 saturated heterocycles. The first-order valence-corrected chi connectivity index (χ1v) is 10.8. The van der Waals surface area contributed by atoms with E-state index < -0.39 is 0 Å². The highest BCUT2D eigenvalue weighted by Gasteiger charge is 2.24. The van der Waals surface area contributed by atoms with Crippen LogP contribution in [0.2, 0.25) is 0 Å². The van der Waals surface area contributed by atoms with Crippen molar-refractivity contribution in [1.82, 2.24) is 10.3 Å². The zero-order valence-corrected chi connectivity index (χ0v) is 18.3. The van der Waals surface area contributed by atoms with Crippen molar-refractivity contribution in [2.75, 3.05) is 19.5 Å². The van der Waals surface area contributed by atoms with Gasteiger partial charge in [0.15, 0.2) is 11.5 Å². The summed E-state index contributed by atoms with van der Waals surface area (Å²) in [5.41, 5.74) is 2.20. The highest BCUT2D eigenvalue weighted by Crippen LogP contribution is 2.32. The van der Waals surface area contributed by atoms with E-state index in [1.165, 1.54) is 12.8 Å². The number of benzene rings is 2. The number of para-hydroxylation sites is 1. The molecule has 2 aromatic carbocycles. The molecule has 2 unspecified atom stereocenters.